The smallest absolute Gasteiger partial charge is 0.338 e. The third-order valence-corrected chi connectivity index (χ3v) is 7.97. The first-order chi connectivity index (χ1) is 18.7. The van der Waals surface area contributed by atoms with Crippen LogP contribution < -0.4 is 9.62 Å². The molecule has 0 aromatic heterocycles. The number of esters is 1. The molecule has 4 aromatic rings. The summed E-state index contributed by atoms with van der Waals surface area (Å²) >= 11 is 0. The lowest BCUT2D eigenvalue weighted by Crippen LogP contribution is -2.32. The lowest BCUT2D eigenvalue weighted by molar-refractivity contribution is 0.0526. The van der Waals surface area contributed by atoms with Crippen molar-refractivity contribution in [1.82, 2.24) is 0 Å². The molecule has 0 saturated carbocycles. The minimum atomic E-state index is -4.04. The molecule has 0 fully saturated rings. The van der Waals surface area contributed by atoms with Gasteiger partial charge in [-0.05, 0) is 68.3 Å². The average molecular weight is 543 g/mol. The number of carbonyl (C=O) groups excluding carboxylic acids is 2. The van der Waals surface area contributed by atoms with Gasteiger partial charge in [-0.15, -0.1) is 0 Å². The summed E-state index contributed by atoms with van der Waals surface area (Å²) in [6.45, 7) is 5.67. The minimum absolute atomic E-state index is 0.0265. The summed E-state index contributed by atoms with van der Waals surface area (Å²) in [4.78, 5) is 26.0. The number of nitrogens with zero attached hydrogens (tertiary/aromatic N) is 1. The summed E-state index contributed by atoms with van der Waals surface area (Å²) in [5.41, 5.74) is 3.58. The molecule has 1 amide bonds. The number of hydrogen-bond acceptors (Lipinski definition) is 5. The average Bonchev–Trinajstić information content (AvgIpc) is 2.93. The molecule has 0 spiro atoms. The van der Waals surface area contributed by atoms with Crippen LogP contribution in [0.5, 0.6) is 0 Å². The van der Waals surface area contributed by atoms with Crippen LogP contribution in [0.15, 0.2) is 102 Å². The first kappa shape index (κ1) is 27.6. The van der Waals surface area contributed by atoms with Gasteiger partial charge in [0, 0.05) is 5.69 Å². The van der Waals surface area contributed by atoms with Crippen LogP contribution in [-0.2, 0) is 21.3 Å². The molecule has 0 radical (unpaired) electrons. The van der Waals surface area contributed by atoms with Gasteiger partial charge in [-0.25, -0.2) is 13.2 Å². The summed E-state index contributed by atoms with van der Waals surface area (Å²) in [5.74, 6) is -1.00. The lowest BCUT2D eigenvalue weighted by atomic mass is 10.1. The van der Waals surface area contributed by atoms with Gasteiger partial charge in [-0.1, -0.05) is 66.2 Å². The highest BCUT2D eigenvalue weighted by Gasteiger charge is 2.29. The van der Waals surface area contributed by atoms with E-state index in [4.69, 9.17) is 4.74 Å². The number of rotatable bonds is 9. The number of aryl methyl sites for hydroxylation is 2. The first-order valence-corrected chi connectivity index (χ1v) is 14.0. The second-order valence-electron chi connectivity index (χ2n) is 9.03. The van der Waals surface area contributed by atoms with Crippen LogP contribution in [0.3, 0.4) is 0 Å². The molecule has 4 aromatic carbocycles. The normalized spacial score (nSPS) is 11.1. The van der Waals surface area contributed by atoms with Crippen molar-refractivity contribution in [2.45, 2.75) is 32.2 Å². The minimum Gasteiger partial charge on any atom is -0.462 e. The maximum absolute atomic E-state index is 14.0. The van der Waals surface area contributed by atoms with E-state index in [1.165, 1.54) is 4.31 Å². The van der Waals surface area contributed by atoms with Crippen LogP contribution in [0.1, 0.15) is 44.3 Å². The van der Waals surface area contributed by atoms with Crippen LogP contribution in [0.25, 0.3) is 0 Å². The third-order valence-electron chi connectivity index (χ3n) is 6.19. The maximum atomic E-state index is 14.0. The Hall–Kier alpha value is -4.43. The van der Waals surface area contributed by atoms with Gasteiger partial charge in [0.05, 0.1) is 34.9 Å². The number of benzene rings is 4. The molecule has 0 heterocycles. The van der Waals surface area contributed by atoms with Crippen molar-refractivity contribution in [2.75, 3.05) is 16.2 Å². The van der Waals surface area contributed by atoms with Crippen molar-refractivity contribution in [3.63, 3.8) is 0 Å². The molecular formula is C31H30N2O5S. The summed E-state index contributed by atoms with van der Waals surface area (Å²) in [7, 11) is -4.04. The molecular weight excluding hydrogens is 512 g/mol. The van der Waals surface area contributed by atoms with Crippen molar-refractivity contribution in [3.8, 4) is 0 Å². The van der Waals surface area contributed by atoms with Crippen molar-refractivity contribution in [2.24, 2.45) is 0 Å². The van der Waals surface area contributed by atoms with Gasteiger partial charge in [0.2, 0.25) is 0 Å². The number of anilines is 2. The van der Waals surface area contributed by atoms with Crippen molar-refractivity contribution in [3.05, 3.63) is 125 Å². The SMILES string of the molecule is CCOC(=O)c1ccc(C)c(NC(=O)c2ccccc2N(Cc2ccccc2)S(=O)(=O)c2ccc(C)cc2)c1. The zero-order chi connectivity index (χ0) is 28.0. The fourth-order valence-electron chi connectivity index (χ4n) is 4.06. The number of sulfonamides is 1. The quantitative estimate of drug-likeness (QED) is 0.257. The maximum Gasteiger partial charge on any atom is 0.338 e. The zero-order valence-electron chi connectivity index (χ0n) is 22.0. The molecule has 0 atom stereocenters. The first-order valence-electron chi connectivity index (χ1n) is 12.5. The molecule has 0 aliphatic heterocycles. The van der Waals surface area contributed by atoms with E-state index in [2.05, 4.69) is 5.32 Å². The predicted molar refractivity (Wildman–Crippen MR) is 153 cm³/mol. The van der Waals surface area contributed by atoms with Gasteiger partial charge in [0.15, 0.2) is 0 Å². The van der Waals surface area contributed by atoms with E-state index in [0.29, 0.717) is 11.3 Å². The predicted octanol–water partition coefficient (Wildman–Crippen LogP) is 6.13. The fraction of sp³-hybridized carbons (Fsp3) is 0.161. The monoisotopic (exact) mass is 542 g/mol. The Morgan fingerprint density at radius 2 is 1.51 bits per heavy atom. The summed E-state index contributed by atoms with van der Waals surface area (Å²) in [6, 6.07) is 27.3. The van der Waals surface area contributed by atoms with E-state index >= 15 is 0 Å². The number of para-hydroxylation sites is 1. The van der Waals surface area contributed by atoms with Gasteiger partial charge in [-0.2, -0.15) is 0 Å². The van der Waals surface area contributed by atoms with Crippen molar-refractivity contribution >= 4 is 33.3 Å². The molecule has 1 N–H and O–H groups in total. The highest BCUT2D eigenvalue weighted by Crippen LogP contribution is 2.30. The molecule has 0 aliphatic rings. The molecule has 0 saturated heterocycles. The molecule has 0 bridgehead atoms. The number of nitrogens with one attached hydrogen (secondary N) is 1. The van der Waals surface area contributed by atoms with Crippen molar-refractivity contribution in [1.29, 1.82) is 0 Å². The number of carbonyl (C=O) groups is 2. The second-order valence-corrected chi connectivity index (χ2v) is 10.9. The van der Waals surface area contributed by atoms with Crippen LogP contribution >= 0.6 is 0 Å². The van der Waals surface area contributed by atoms with Gasteiger partial charge in [-0.3, -0.25) is 9.10 Å². The molecule has 8 heteroatoms. The van der Waals surface area contributed by atoms with E-state index in [-0.39, 0.29) is 29.3 Å². The zero-order valence-corrected chi connectivity index (χ0v) is 22.9. The van der Waals surface area contributed by atoms with E-state index in [0.717, 1.165) is 16.7 Å². The van der Waals surface area contributed by atoms with E-state index in [1.54, 1.807) is 80.6 Å². The third kappa shape index (κ3) is 6.35. The Kier molecular flexibility index (Phi) is 8.46. The summed E-state index contributed by atoms with van der Waals surface area (Å²) < 4.78 is 34.3. The molecule has 0 unspecified atom stereocenters. The van der Waals surface area contributed by atoms with Crippen LogP contribution in [0.4, 0.5) is 11.4 Å². The van der Waals surface area contributed by atoms with Gasteiger partial charge in [0.25, 0.3) is 15.9 Å². The largest absolute Gasteiger partial charge is 0.462 e. The molecule has 4 rings (SSSR count). The Balaban J connectivity index is 1.76. The van der Waals surface area contributed by atoms with Crippen LogP contribution in [0.2, 0.25) is 0 Å². The summed E-state index contributed by atoms with van der Waals surface area (Å²) in [6.07, 6.45) is 0. The molecule has 39 heavy (non-hydrogen) atoms. The van der Waals surface area contributed by atoms with Crippen LogP contribution in [0, 0.1) is 13.8 Å². The van der Waals surface area contributed by atoms with Gasteiger partial charge in [0.1, 0.15) is 0 Å². The Morgan fingerprint density at radius 3 is 2.21 bits per heavy atom. The summed E-state index contributed by atoms with van der Waals surface area (Å²) in [5, 5.41) is 2.85. The van der Waals surface area contributed by atoms with Crippen molar-refractivity contribution < 1.29 is 22.7 Å². The second kappa shape index (κ2) is 12.0. The molecule has 7 nitrogen and oxygen atoms in total. The van der Waals surface area contributed by atoms with E-state index in [9.17, 15) is 18.0 Å². The van der Waals surface area contributed by atoms with E-state index in [1.807, 2.05) is 37.3 Å². The molecule has 0 aliphatic carbocycles. The number of hydrogen-bond donors (Lipinski definition) is 1. The highest BCUT2D eigenvalue weighted by atomic mass is 32.2. The van der Waals surface area contributed by atoms with E-state index < -0.39 is 21.9 Å². The topological polar surface area (TPSA) is 92.8 Å². The Morgan fingerprint density at radius 1 is 0.846 bits per heavy atom. The molecule has 200 valence electrons. The van der Waals surface area contributed by atoms with Gasteiger partial charge < -0.3 is 10.1 Å². The number of ether oxygens (including phenoxy) is 1. The highest BCUT2D eigenvalue weighted by molar-refractivity contribution is 7.92. The number of amides is 1. The Labute approximate surface area is 229 Å². The Bertz CT molecular complexity index is 1580. The lowest BCUT2D eigenvalue weighted by Gasteiger charge is -2.27. The standard InChI is InChI=1S/C31H30N2O5S/c1-4-38-31(35)25-17-16-23(3)28(20-25)32-30(34)27-12-8-9-13-29(27)33(21-24-10-6-5-7-11-24)39(36,37)26-18-14-22(2)15-19-26/h5-20H,4,21H2,1-3H3,(H,32,34). The van der Waals surface area contributed by atoms with Crippen LogP contribution in [-0.4, -0.2) is 26.9 Å². The fourth-order valence-corrected chi connectivity index (χ4v) is 5.53. The van der Waals surface area contributed by atoms with Gasteiger partial charge >= 0.3 is 5.97 Å².